The molecular formula is C24H27N3O3S2. The average molecular weight is 470 g/mol. The van der Waals surface area contributed by atoms with Gasteiger partial charge in [0.05, 0.1) is 17.2 Å². The molecule has 1 unspecified atom stereocenters. The van der Waals surface area contributed by atoms with Crippen molar-refractivity contribution < 1.29 is 13.2 Å². The Balaban J connectivity index is 1.27. The van der Waals surface area contributed by atoms with Crippen LogP contribution in [0.2, 0.25) is 0 Å². The lowest BCUT2D eigenvalue weighted by Crippen LogP contribution is -2.37. The summed E-state index contributed by atoms with van der Waals surface area (Å²) in [6, 6.07) is 17.6. The molecule has 3 heterocycles. The fourth-order valence-electron chi connectivity index (χ4n) is 4.28. The van der Waals surface area contributed by atoms with Crippen LogP contribution in [0.3, 0.4) is 0 Å². The van der Waals surface area contributed by atoms with Crippen molar-refractivity contribution in [3.8, 4) is 11.3 Å². The van der Waals surface area contributed by atoms with E-state index in [2.05, 4.69) is 29.2 Å². The van der Waals surface area contributed by atoms with Gasteiger partial charge in [0.25, 0.3) is 0 Å². The lowest BCUT2D eigenvalue weighted by Gasteiger charge is -2.32. The summed E-state index contributed by atoms with van der Waals surface area (Å²) in [5.41, 5.74) is 3.08. The van der Waals surface area contributed by atoms with E-state index in [1.165, 1.54) is 5.56 Å². The second-order valence-corrected chi connectivity index (χ2v) is 11.1. The maximum atomic E-state index is 12.7. The van der Waals surface area contributed by atoms with Gasteiger partial charge in [0.2, 0.25) is 10.0 Å². The summed E-state index contributed by atoms with van der Waals surface area (Å²) in [5, 5.41) is 2.99. The van der Waals surface area contributed by atoms with Gasteiger partial charge in [0.15, 0.2) is 0 Å². The zero-order valence-electron chi connectivity index (χ0n) is 17.9. The predicted octanol–water partition coefficient (Wildman–Crippen LogP) is 4.17. The van der Waals surface area contributed by atoms with E-state index in [0.29, 0.717) is 24.6 Å². The molecule has 1 atom stereocenters. The smallest absolute Gasteiger partial charge is 0.243 e. The minimum atomic E-state index is -3.39. The molecule has 2 aromatic carbocycles. The molecule has 5 rings (SSSR count). The van der Waals surface area contributed by atoms with E-state index >= 15 is 0 Å². The molecule has 2 saturated heterocycles. The van der Waals surface area contributed by atoms with Crippen molar-refractivity contribution in [2.24, 2.45) is 0 Å². The molecule has 0 bridgehead atoms. The highest BCUT2D eigenvalue weighted by atomic mass is 32.2. The maximum Gasteiger partial charge on any atom is 0.243 e. The van der Waals surface area contributed by atoms with Crippen LogP contribution in [-0.2, 0) is 21.3 Å². The summed E-state index contributed by atoms with van der Waals surface area (Å²) in [6.45, 7) is 4.55. The van der Waals surface area contributed by atoms with Crippen LogP contribution in [0.4, 0.5) is 0 Å². The number of aromatic nitrogens is 1. The van der Waals surface area contributed by atoms with E-state index in [4.69, 9.17) is 9.72 Å². The molecule has 0 saturated carbocycles. The number of nitrogens with zero attached hydrogens (tertiary/aromatic N) is 3. The lowest BCUT2D eigenvalue weighted by molar-refractivity contribution is -0.0329. The number of morpholine rings is 1. The van der Waals surface area contributed by atoms with Gasteiger partial charge in [-0.2, -0.15) is 4.31 Å². The van der Waals surface area contributed by atoms with E-state index in [0.717, 1.165) is 48.7 Å². The monoisotopic (exact) mass is 469 g/mol. The van der Waals surface area contributed by atoms with E-state index in [1.807, 2.05) is 23.6 Å². The normalized spacial score (nSPS) is 20.6. The molecule has 2 fully saturated rings. The number of hydrogen-bond acceptors (Lipinski definition) is 6. The number of benzene rings is 2. The van der Waals surface area contributed by atoms with E-state index < -0.39 is 10.0 Å². The van der Waals surface area contributed by atoms with Crippen molar-refractivity contribution in [3.63, 3.8) is 0 Å². The molecule has 2 aliphatic heterocycles. The van der Waals surface area contributed by atoms with Gasteiger partial charge in [-0.1, -0.05) is 42.5 Å². The van der Waals surface area contributed by atoms with Crippen molar-refractivity contribution in [3.05, 3.63) is 70.5 Å². The van der Waals surface area contributed by atoms with Crippen LogP contribution in [-0.4, -0.2) is 55.4 Å². The Morgan fingerprint density at radius 2 is 1.75 bits per heavy atom. The third kappa shape index (κ3) is 4.65. The number of ether oxygens (including phenoxy) is 1. The van der Waals surface area contributed by atoms with Gasteiger partial charge >= 0.3 is 0 Å². The molecule has 168 valence electrons. The lowest BCUT2D eigenvalue weighted by atomic mass is 10.2. The van der Waals surface area contributed by atoms with Gasteiger partial charge in [-0.3, -0.25) is 4.90 Å². The Bertz CT molecular complexity index is 1140. The molecule has 6 nitrogen and oxygen atoms in total. The van der Waals surface area contributed by atoms with Crippen molar-refractivity contribution in [2.75, 3.05) is 32.8 Å². The fraction of sp³-hybridized carbons (Fsp3) is 0.375. The van der Waals surface area contributed by atoms with Gasteiger partial charge in [0.1, 0.15) is 11.1 Å². The van der Waals surface area contributed by atoms with Gasteiger partial charge in [-0.15, -0.1) is 11.3 Å². The third-order valence-corrected chi connectivity index (χ3v) is 8.90. The van der Waals surface area contributed by atoms with Gasteiger partial charge < -0.3 is 4.74 Å². The summed E-state index contributed by atoms with van der Waals surface area (Å²) < 4.78 is 33.1. The number of rotatable bonds is 6. The molecule has 0 aliphatic carbocycles. The third-order valence-electron chi connectivity index (χ3n) is 6.05. The van der Waals surface area contributed by atoms with Crippen molar-refractivity contribution in [2.45, 2.75) is 30.4 Å². The first-order chi connectivity index (χ1) is 15.6. The zero-order valence-corrected chi connectivity index (χ0v) is 19.5. The summed E-state index contributed by atoms with van der Waals surface area (Å²) in [6.07, 6.45) is 1.83. The Morgan fingerprint density at radius 1 is 1.00 bits per heavy atom. The second-order valence-electron chi connectivity index (χ2n) is 8.29. The molecule has 0 spiro atoms. The van der Waals surface area contributed by atoms with Gasteiger partial charge in [-0.25, -0.2) is 13.4 Å². The molecule has 0 N–H and O–H groups in total. The van der Waals surface area contributed by atoms with Crippen LogP contribution in [0, 0.1) is 0 Å². The molecule has 2 aliphatic rings. The summed E-state index contributed by atoms with van der Waals surface area (Å²) >= 11 is 1.60. The second kappa shape index (κ2) is 9.41. The van der Waals surface area contributed by atoms with Crippen LogP contribution >= 0.6 is 11.3 Å². The van der Waals surface area contributed by atoms with Crippen LogP contribution in [0.1, 0.15) is 29.5 Å². The first kappa shape index (κ1) is 21.7. The molecule has 32 heavy (non-hydrogen) atoms. The highest BCUT2D eigenvalue weighted by molar-refractivity contribution is 7.89. The molecule has 8 heteroatoms. The topological polar surface area (TPSA) is 62.7 Å². The van der Waals surface area contributed by atoms with E-state index in [9.17, 15) is 8.42 Å². The molecular weight excluding hydrogens is 442 g/mol. The van der Waals surface area contributed by atoms with Crippen LogP contribution < -0.4 is 0 Å². The first-order valence-corrected chi connectivity index (χ1v) is 13.4. The first-order valence-electron chi connectivity index (χ1n) is 11.0. The quantitative estimate of drug-likeness (QED) is 0.542. The highest BCUT2D eigenvalue weighted by Gasteiger charge is 2.27. The number of thiazole rings is 1. The van der Waals surface area contributed by atoms with Gasteiger partial charge in [0, 0.05) is 43.7 Å². The van der Waals surface area contributed by atoms with Crippen molar-refractivity contribution in [1.82, 2.24) is 14.2 Å². The van der Waals surface area contributed by atoms with Crippen molar-refractivity contribution >= 4 is 21.4 Å². The van der Waals surface area contributed by atoms with Crippen molar-refractivity contribution in [1.29, 1.82) is 0 Å². The molecule has 0 radical (unpaired) electrons. The van der Waals surface area contributed by atoms with Crippen LogP contribution in [0.25, 0.3) is 11.3 Å². The molecule has 0 amide bonds. The zero-order chi connectivity index (χ0) is 22.0. The number of sulfonamides is 1. The highest BCUT2D eigenvalue weighted by Crippen LogP contribution is 2.31. The largest absolute Gasteiger partial charge is 0.368 e. The standard InChI is InChI=1S/C24H27N3O3S2/c28-32(29,27-12-4-5-13-27)21-10-8-20(9-11-21)22-18-31-24(25-22)23-17-26(14-15-30-23)16-19-6-2-1-3-7-19/h1-3,6-11,18,23H,4-5,12-17H2. The summed E-state index contributed by atoms with van der Waals surface area (Å²) in [5.74, 6) is 0. The molecule has 1 aromatic heterocycles. The Labute approximate surface area is 193 Å². The number of hydrogen-bond donors (Lipinski definition) is 0. The fourth-order valence-corrected chi connectivity index (χ4v) is 6.66. The van der Waals surface area contributed by atoms with E-state index in [-0.39, 0.29) is 6.10 Å². The molecule has 3 aromatic rings. The predicted molar refractivity (Wildman–Crippen MR) is 126 cm³/mol. The SMILES string of the molecule is O=S(=O)(c1ccc(-c2csc(C3CN(Cc4ccccc4)CCO3)n2)cc1)N1CCCC1. The maximum absolute atomic E-state index is 12.7. The van der Waals surface area contributed by atoms with Crippen LogP contribution in [0.5, 0.6) is 0 Å². The van der Waals surface area contributed by atoms with E-state index in [1.54, 1.807) is 27.8 Å². The summed E-state index contributed by atoms with van der Waals surface area (Å²) in [7, 11) is -3.39. The average Bonchev–Trinajstić information content (AvgIpc) is 3.53. The van der Waals surface area contributed by atoms with Crippen LogP contribution in [0.15, 0.2) is 64.9 Å². The minimum absolute atomic E-state index is 0.0407. The Kier molecular flexibility index (Phi) is 6.39. The minimum Gasteiger partial charge on any atom is -0.368 e. The van der Waals surface area contributed by atoms with Gasteiger partial charge in [-0.05, 0) is 30.5 Å². The summed E-state index contributed by atoms with van der Waals surface area (Å²) in [4.78, 5) is 7.58. The Hall–Kier alpha value is -2.10. The Morgan fingerprint density at radius 3 is 2.50 bits per heavy atom.